The molecule has 4 heterocycles. The number of methoxy groups -OCH3 is 1. The van der Waals surface area contributed by atoms with Crippen molar-refractivity contribution in [2.75, 3.05) is 13.7 Å². The van der Waals surface area contributed by atoms with Crippen LogP contribution in [0.1, 0.15) is 18.7 Å². The summed E-state index contributed by atoms with van der Waals surface area (Å²) in [7, 11) is 1.70. The molecule has 4 aromatic rings. The summed E-state index contributed by atoms with van der Waals surface area (Å²) in [6.45, 7) is 4.70. The molecular formula is C19H20N6O. The quantitative estimate of drug-likeness (QED) is 0.554. The number of pyridine rings is 1. The van der Waals surface area contributed by atoms with Crippen LogP contribution in [0.4, 0.5) is 0 Å². The van der Waals surface area contributed by atoms with Crippen LogP contribution in [0, 0.1) is 6.92 Å². The molecule has 0 unspecified atom stereocenters. The first-order valence-corrected chi connectivity index (χ1v) is 8.46. The van der Waals surface area contributed by atoms with E-state index >= 15 is 0 Å². The van der Waals surface area contributed by atoms with Gasteiger partial charge in [0.2, 0.25) is 0 Å². The van der Waals surface area contributed by atoms with E-state index in [1.807, 2.05) is 42.3 Å². The van der Waals surface area contributed by atoms with Crippen LogP contribution in [0.5, 0.6) is 0 Å². The number of hydrogen-bond acceptors (Lipinski definition) is 5. The molecular weight excluding hydrogens is 328 g/mol. The van der Waals surface area contributed by atoms with Crippen LogP contribution in [-0.2, 0) is 4.74 Å². The first kappa shape index (κ1) is 16.4. The molecule has 0 aromatic carbocycles. The van der Waals surface area contributed by atoms with Gasteiger partial charge in [-0.15, -0.1) is 0 Å². The number of aromatic nitrogens is 6. The van der Waals surface area contributed by atoms with Crippen molar-refractivity contribution in [1.82, 2.24) is 29.1 Å². The largest absolute Gasteiger partial charge is 0.382 e. The summed E-state index contributed by atoms with van der Waals surface area (Å²) in [6.07, 6.45) is 11.2. The number of aryl methyl sites for hydroxylation is 1. The third kappa shape index (κ3) is 2.76. The zero-order valence-electron chi connectivity index (χ0n) is 15.0. The van der Waals surface area contributed by atoms with Crippen molar-refractivity contribution in [3.05, 3.63) is 55.0 Å². The van der Waals surface area contributed by atoms with Crippen LogP contribution in [-0.4, -0.2) is 42.8 Å². The molecule has 26 heavy (non-hydrogen) atoms. The Kier molecular flexibility index (Phi) is 4.22. The summed E-state index contributed by atoms with van der Waals surface area (Å²) in [5, 5.41) is 4.49. The molecule has 0 N–H and O–H groups in total. The Morgan fingerprint density at radius 2 is 1.96 bits per heavy atom. The first-order chi connectivity index (χ1) is 12.7. The molecule has 1 atom stereocenters. The van der Waals surface area contributed by atoms with Gasteiger partial charge in [0.1, 0.15) is 5.69 Å². The highest BCUT2D eigenvalue weighted by Crippen LogP contribution is 2.29. The third-order valence-corrected chi connectivity index (χ3v) is 4.40. The second-order valence-corrected chi connectivity index (χ2v) is 6.26. The van der Waals surface area contributed by atoms with Crippen molar-refractivity contribution >= 4 is 5.65 Å². The molecule has 4 rings (SSSR count). The monoisotopic (exact) mass is 348 g/mol. The molecule has 0 amide bonds. The minimum atomic E-state index is 0.169. The average Bonchev–Trinajstić information content (AvgIpc) is 3.26. The van der Waals surface area contributed by atoms with E-state index in [1.54, 1.807) is 25.7 Å². The van der Waals surface area contributed by atoms with Crippen LogP contribution in [0.25, 0.3) is 28.2 Å². The van der Waals surface area contributed by atoms with Gasteiger partial charge in [-0.2, -0.15) is 5.10 Å². The van der Waals surface area contributed by atoms with Gasteiger partial charge in [-0.3, -0.25) is 19.1 Å². The summed E-state index contributed by atoms with van der Waals surface area (Å²) in [6, 6.07) is 4.05. The number of fused-ring (bicyclic) bond motifs is 1. The molecule has 0 aliphatic heterocycles. The SMILES string of the molecule is COC[C@H](C)n1cc(-c2c(C)nc3c(-c4ccncc4)nccn23)cn1. The number of imidazole rings is 1. The van der Waals surface area contributed by atoms with Gasteiger partial charge in [-0.25, -0.2) is 4.98 Å². The molecule has 0 radical (unpaired) electrons. The van der Waals surface area contributed by atoms with Crippen LogP contribution in [0.3, 0.4) is 0 Å². The second kappa shape index (κ2) is 6.68. The lowest BCUT2D eigenvalue weighted by atomic mass is 10.2. The van der Waals surface area contributed by atoms with Crippen molar-refractivity contribution in [2.45, 2.75) is 19.9 Å². The summed E-state index contributed by atoms with van der Waals surface area (Å²) < 4.78 is 9.21. The molecule has 0 aliphatic carbocycles. The predicted octanol–water partition coefficient (Wildman–Crippen LogP) is 3.17. The number of hydrogen-bond donors (Lipinski definition) is 0. The third-order valence-electron chi connectivity index (χ3n) is 4.40. The zero-order chi connectivity index (χ0) is 18.1. The maximum Gasteiger partial charge on any atom is 0.164 e. The van der Waals surface area contributed by atoms with E-state index in [4.69, 9.17) is 9.72 Å². The van der Waals surface area contributed by atoms with E-state index in [-0.39, 0.29) is 6.04 Å². The highest BCUT2D eigenvalue weighted by molar-refractivity contribution is 5.77. The maximum atomic E-state index is 5.22. The lowest BCUT2D eigenvalue weighted by Gasteiger charge is -2.10. The standard InChI is InChI=1S/C19H20N6O/c1-13(12-26-3)25-11-16(10-22-25)18-14(2)23-19-17(21-8-9-24(18)19)15-4-6-20-7-5-15/h4-11,13H,12H2,1-3H3/t13-/m0/s1. The summed E-state index contributed by atoms with van der Waals surface area (Å²) in [5.41, 5.74) is 5.63. The minimum absolute atomic E-state index is 0.169. The Labute approximate surface area is 151 Å². The highest BCUT2D eigenvalue weighted by Gasteiger charge is 2.17. The molecule has 0 saturated carbocycles. The van der Waals surface area contributed by atoms with Crippen LogP contribution in [0.2, 0.25) is 0 Å². The highest BCUT2D eigenvalue weighted by atomic mass is 16.5. The van der Waals surface area contributed by atoms with Crippen molar-refractivity contribution < 1.29 is 4.74 Å². The summed E-state index contributed by atoms with van der Waals surface area (Å²) in [5.74, 6) is 0. The van der Waals surface area contributed by atoms with Crippen LogP contribution < -0.4 is 0 Å². The Balaban J connectivity index is 1.84. The van der Waals surface area contributed by atoms with E-state index in [9.17, 15) is 0 Å². The van der Waals surface area contributed by atoms with Gasteiger partial charge in [0.25, 0.3) is 0 Å². The molecule has 0 spiro atoms. The number of nitrogens with zero attached hydrogens (tertiary/aromatic N) is 6. The van der Waals surface area contributed by atoms with E-state index < -0.39 is 0 Å². The van der Waals surface area contributed by atoms with Gasteiger partial charge in [0, 0.05) is 49.2 Å². The van der Waals surface area contributed by atoms with Gasteiger partial charge in [-0.05, 0) is 26.0 Å². The lowest BCUT2D eigenvalue weighted by Crippen LogP contribution is -2.11. The molecule has 4 aromatic heterocycles. The van der Waals surface area contributed by atoms with Crippen molar-refractivity contribution in [3.8, 4) is 22.5 Å². The predicted molar refractivity (Wildman–Crippen MR) is 98.8 cm³/mol. The fourth-order valence-corrected chi connectivity index (χ4v) is 3.17. The van der Waals surface area contributed by atoms with E-state index in [2.05, 4.69) is 26.4 Å². The molecule has 7 nitrogen and oxygen atoms in total. The summed E-state index contributed by atoms with van der Waals surface area (Å²) in [4.78, 5) is 13.4. The molecule has 7 heteroatoms. The number of rotatable bonds is 5. The van der Waals surface area contributed by atoms with Crippen molar-refractivity contribution in [2.24, 2.45) is 0 Å². The Morgan fingerprint density at radius 3 is 2.73 bits per heavy atom. The molecule has 0 aliphatic rings. The van der Waals surface area contributed by atoms with E-state index in [1.165, 1.54) is 0 Å². The fraction of sp³-hybridized carbons (Fsp3) is 0.263. The van der Waals surface area contributed by atoms with Gasteiger partial charge >= 0.3 is 0 Å². The minimum Gasteiger partial charge on any atom is -0.382 e. The number of ether oxygens (including phenoxy) is 1. The zero-order valence-corrected chi connectivity index (χ0v) is 15.0. The van der Waals surface area contributed by atoms with E-state index in [0.717, 1.165) is 33.9 Å². The Morgan fingerprint density at radius 1 is 1.15 bits per heavy atom. The first-order valence-electron chi connectivity index (χ1n) is 8.46. The normalized spacial score (nSPS) is 12.6. The molecule has 0 fully saturated rings. The molecule has 0 saturated heterocycles. The summed E-state index contributed by atoms with van der Waals surface area (Å²) >= 11 is 0. The topological polar surface area (TPSA) is 70.1 Å². The molecule has 132 valence electrons. The van der Waals surface area contributed by atoms with Gasteiger partial charge in [0.05, 0.1) is 30.2 Å². The fourth-order valence-electron chi connectivity index (χ4n) is 3.17. The van der Waals surface area contributed by atoms with Crippen molar-refractivity contribution in [3.63, 3.8) is 0 Å². The Hall–Kier alpha value is -3.06. The van der Waals surface area contributed by atoms with Gasteiger partial charge in [-0.1, -0.05) is 0 Å². The lowest BCUT2D eigenvalue weighted by molar-refractivity contribution is 0.157. The average molecular weight is 348 g/mol. The van der Waals surface area contributed by atoms with Gasteiger partial charge in [0.15, 0.2) is 5.65 Å². The van der Waals surface area contributed by atoms with Crippen LogP contribution in [0.15, 0.2) is 49.3 Å². The Bertz CT molecular complexity index is 1040. The smallest absolute Gasteiger partial charge is 0.164 e. The molecule has 0 bridgehead atoms. The van der Waals surface area contributed by atoms with Crippen LogP contribution >= 0.6 is 0 Å². The van der Waals surface area contributed by atoms with Gasteiger partial charge < -0.3 is 4.74 Å². The second-order valence-electron chi connectivity index (χ2n) is 6.26. The maximum absolute atomic E-state index is 5.22. The van der Waals surface area contributed by atoms with E-state index in [0.29, 0.717) is 6.61 Å². The van der Waals surface area contributed by atoms with Crippen molar-refractivity contribution in [1.29, 1.82) is 0 Å².